The normalized spacial score (nSPS) is 18.9. The third-order valence-corrected chi connectivity index (χ3v) is 3.15. The Labute approximate surface area is 109 Å². The van der Waals surface area contributed by atoms with Crippen LogP contribution in [0.15, 0.2) is 18.2 Å². The summed E-state index contributed by atoms with van der Waals surface area (Å²) in [5.74, 6) is -0.929. The van der Waals surface area contributed by atoms with Gasteiger partial charge in [0.15, 0.2) is 0 Å². The van der Waals surface area contributed by atoms with Crippen LogP contribution in [0.4, 0.5) is 10.5 Å². The van der Waals surface area contributed by atoms with Crippen LogP contribution in [-0.2, 0) is 4.79 Å². The van der Waals surface area contributed by atoms with Gasteiger partial charge in [0.2, 0.25) is 0 Å². The second kappa shape index (κ2) is 4.86. The molecule has 0 bridgehead atoms. The number of aliphatic carboxylic acids is 1. The number of nitrogens with one attached hydrogen (secondary N) is 1. The average Bonchev–Trinajstić information content (AvgIpc) is 2.63. The molecule has 0 spiro atoms. The molecule has 1 unspecified atom stereocenters. The van der Waals surface area contributed by atoms with E-state index in [1.807, 2.05) is 6.92 Å². The molecular weight excluding hydrogens is 256 g/mol. The highest BCUT2D eigenvalue weighted by Gasteiger charge is 2.34. The van der Waals surface area contributed by atoms with Crippen LogP contribution >= 0.6 is 11.6 Å². The van der Waals surface area contributed by atoms with E-state index in [1.54, 1.807) is 18.2 Å². The zero-order chi connectivity index (χ0) is 13.3. The maximum atomic E-state index is 11.8. The van der Waals surface area contributed by atoms with Gasteiger partial charge in [0.05, 0.1) is 18.2 Å². The molecule has 0 aromatic heterocycles. The zero-order valence-electron chi connectivity index (χ0n) is 9.81. The second-order valence-corrected chi connectivity index (χ2v) is 4.67. The van der Waals surface area contributed by atoms with Crippen molar-refractivity contribution in [3.63, 3.8) is 0 Å². The third-order valence-electron chi connectivity index (χ3n) is 2.91. The molecule has 2 rings (SSSR count). The van der Waals surface area contributed by atoms with Crippen LogP contribution < -0.4 is 10.2 Å². The van der Waals surface area contributed by atoms with Crippen LogP contribution in [0.1, 0.15) is 12.0 Å². The molecule has 6 heteroatoms. The maximum Gasteiger partial charge on any atom is 0.322 e. The molecule has 0 saturated carbocycles. The zero-order valence-corrected chi connectivity index (χ0v) is 10.6. The highest BCUT2D eigenvalue weighted by molar-refractivity contribution is 6.31. The van der Waals surface area contributed by atoms with Crippen molar-refractivity contribution < 1.29 is 14.7 Å². The Hall–Kier alpha value is -1.75. The van der Waals surface area contributed by atoms with Crippen LogP contribution in [0.25, 0.3) is 0 Å². The summed E-state index contributed by atoms with van der Waals surface area (Å²) in [5.41, 5.74) is 1.54. The van der Waals surface area contributed by atoms with Gasteiger partial charge in [-0.15, -0.1) is 0 Å². The van der Waals surface area contributed by atoms with E-state index in [9.17, 15) is 9.59 Å². The number of nitrogens with zero attached hydrogens (tertiary/aromatic N) is 1. The number of benzene rings is 1. The number of carboxylic acids is 1. The molecule has 1 heterocycles. The van der Waals surface area contributed by atoms with Crippen molar-refractivity contribution in [2.75, 3.05) is 11.4 Å². The summed E-state index contributed by atoms with van der Waals surface area (Å²) in [5, 5.41) is 12.0. The molecule has 2 N–H and O–H groups in total. The summed E-state index contributed by atoms with van der Waals surface area (Å²) >= 11 is 5.92. The first-order valence-electron chi connectivity index (χ1n) is 5.54. The van der Waals surface area contributed by atoms with Gasteiger partial charge in [-0.25, -0.2) is 4.79 Å². The number of hydrogen-bond acceptors (Lipinski definition) is 2. The highest BCUT2D eigenvalue weighted by atomic mass is 35.5. The number of urea groups is 1. The van der Waals surface area contributed by atoms with Gasteiger partial charge in [0, 0.05) is 11.6 Å². The number of hydrogen-bond donors (Lipinski definition) is 2. The number of carbonyl (C=O) groups is 2. The van der Waals surface area contributed by atoms with Crippen molar-refractivity contribution in [2.45, 2.75) is 19.4 Å². The first-order chi connectivity index (χ1) is 8.49. The number of amides is 2. The smallest absolute Gasteiger partial charge is 0.322 e. The lowest BCUT2D eigenvalue weighted by atomic mass is 10.1. The molecule has 1 fully saturated rings. The maximum absolute atomic E-state index is 11.8. The minimum atomic E-state index is -0.929. The Kier molecular flexibility index (Phi) is 3.43. The molecule has 5 nitrogen and oxygen atoms in total. The van der Waals surface area contributed by atoms with E-state index in [0.717, 1.165) is 5.56 Å². The van der Waals surface area contributed by atoms with Crippen LogP contribution in [0.5, 0.6) is 0 Å². The van der Waals surface area contributed by atoms with E-state index < -0.39 is 5.97 Å². The standard InChI is InChI=1S/C12H13ClN2O3/c1-7-2-3-8(13)4-10(7)15-9(5-11(16)17)6-14-12(15)18/h2-4,9H,5-6H2,1H3,(H,14,18)(H,16,17). The topological polar surface area (TPSA) is 69.6 Å². The van der Waals surface area contributed by atoms with E-state index in [2.05, 4.69) is 5.32 Å². The lowest BCUT2D eigenvalue weighted by molar-refractivity contribution is -0.137. The molecule has 1 aliphatic rings. The number of halogens is 1. The third kappa shape index (κ3) is 2.41. The van der Waals surface area contributed by atoms with E-state index in [-0.39, 0.29) is 18.5 Å². The lowest BCUT2D eigenvalue weighted by Gasteiger charge is -2.23. The summed E-state index contributed by atoms with van der Waals surface area (Å²) in [6, 6.07) is 4.55. The summed E-state index contributed by atoms with van der Waals surface area (Å²) in [6.45, 7) is 2.19. The SMILES string of the molecule is Cc1ccc(Cl)cc1N1C(=O)NCC1CC(=O)O. The molecule has 18 heavy (non-hydrogen) atoms. The molecule has 1 aliphatic heterocycles. The molecule has 96 valence electrons. The summed E-state index contributed by atoms with van der Waals surface area (Å²) in [6.07, 6.45) is -0.0926. The minimum Gasteiger partial charge on any atom is -0.481 e. The number of carboxylic acid groups (broad SMARTS) is 1. The monoisotopic (exact) mass is 268 g/mol. The van der Waals surface area contributed by atoms with Crippen molar-refractivity contribution in [2.24, 2.45) is 0 Å². The molecule has 2 amide bonds. The van der Waals surface area contributed by atoms with Gasteiger partial charge in [-0.2, -0.15) is 0 Å². The average molecular weight is 269 g/mol. The van der Waals surface area contributed by atoms with Crippen LogP contribution in [0, 0.1) is 6.92 Å². The number of anilines is 1. The van der Waals surface area contributed by atoms with Gasteiger partial charge in [0.1, 0.15) is 0 Å². The van der Waals surface area contributed by atoms with Gasteiger partial charge in [-0.1, -0.05) is 17.7 Å². The van der Waals surface area contributed by atoms with Crippen LogP contribution in [-0.4, -0.2) is 29.7 Å². The Morgan fingerprint density at radius 2 is 2.33 bits per heavy atom. The first-order valence-corrected chi connectivity index (χ1v) is 5.92. The van der Waals surface area contributed by atoms with E-state index in [0.29, 0.717) is 17.3 Å². The van der Waals surface area contributed by atoms with Crippen molar-refractivity contribution in [1.82, 2.24) is 5.32 Å². The highest BCUT2D eigenvalue weighted by Crippen LogP contribution is 2.28. The number of carbonyl (C=O) groups excluding carboxylic acids is 1. The van der Waals surface area contributed by atoms with Gasteiger partial charge in [0.25, 0.3) is 0 Å². The molecule has 1 aromatic carbocycles. The molecule has 1 aromatic rings. The predicted molar refractivity (Wildman–Crippen MR) is 68.1 cm³/mol. The second-order valence-electron chi connectivity index (χ2n) is 4.24. The van der Waals surface area contributed by atoms with Crippen molar-refractivity contribution in [3.8, 4) is 0 Å². The van der Waals surface area contributed by atoms with Gasteiger partial charge >= 0.3 is 12.0 Å². The predicted octanol–water partition coefficient (Wildman–Crippen LogP) is 2.02. The van der Waals surface area contributed by atoms with Crippen LogP contribution in [0.2, 0.25) is 5.02 Å². The number of aryl methyl sites for hydroxylation is 1. The molecule has 1 saturated heterocycles. The fraction of sp³-hybridized carbons (Fsp3) is 0.333. The summed E-state index contributed by atoms with van der Waals surface area (Å²) in [7, 11) is 0. The number of rotatable bonds is 3. The lowest BCUT2D eigenvalue weighted by Crippen LogP contribution is -2.36. The molecule has 0 aliphatic carbocycles. The molecule has 1 atom stereocenters. The van der Waals surface area contributed by atoms with Gasteiger partial charge in [-0.05, 0) is 24.6 Å². The Morgan fingerprint density at radius 1 is 1.61 bits per heavy atom. The largest absolute Gasteiger partial charge is 0.481 e. The Morgan fingerprint density at radius 3 is 3.00 bits per heavy atom. The van der Waals surface area contributed by atoms with Crippen molar-refractivity contribution in [3.05, 3.63) is 28.8 Å². The first kappa shape index (κ1) is 12.7. The van der Waals surface area contributed by atoms with Crippen molar-refractivity contribution >= 4 is 29.3 Å². The van der Waals surface area contributed by atoms with E-state index in [1.165, 1.54) is 4.90 Å². The van der Waals surface area contributed by atoms with Crippen LogP contribution in [0.3, 0.4) is 0 Å². The van der Waals surface area contributed by atoms with Crippen molar-refractivity contribution in [1.29, 1.82) is 0 Å². The van der Waals surface area contributed by atoms with Gasteiger partial charge in [-0.3, -0.25) is 9.69 Å². The fourth-order valence-electron chi connectivity index (χ4n) is 2.06. The quantitative estimate of drug-likeness (QED) is 0.881. The van der Waals surface area contributed by atoms with Gasteiger partial charge < -0.3 is 10.4 Å². The Bertz CT molecular complexity index is 504. The summed E-state index contributed by atoms with van der Waals surface area (Å²) in [4.78, 5) is 24.1. The molecule has 0 radical (unpaired) electrons. The Balaban J connectivity index is 2.36. The minimum absolute atomic E-state index is 0.0926. The summed E-state index contributed by atoms with van der Waals surface area (Å²) < 4.78 is 0. The molecular formula is C12H13ClN2O3. The fourth-order valence-corrected chi connectivity index (χ4v) is 2.23. The van der Waals surface area contributed by atoms with E-state index >= 15 is 0 Å². The van der Waals surface area contributed by atoms with E-state index in [4.69, 9.17) is 16.7 Å².